The Bertz CT molecular complexity index is 2460. The Morgan fingerprint density at radius 3 is 1.62 bits per heavy atom. The fraction of sp³-hybridized carbons (Fsp3) is 0.143. The molecule has 1 radical (unpaired) electrons. The van der Waals surface area contributed by atoms with Gasteiger partial charge in [0.05, 0.1) is 33.8 Å². The van der Waals surface area contributed by atoms with Gasteiger partial charge in [-0.2, -0.15) is 0 Å². The minimum atomic E-state index is -3.55. The third-order valence-corrected chi connectivity index (χ3v) is 11.3. The molecule has 20 heteroatoms. The van der Waals surface area contributed by atoms with Crippen molar-refractivity contribution in [3.05, 3.63) is 129 Å². The normalized spacial score (nSPS) is 11.2. The highest BCUT2D eigenvalue weighted by Gasteiger charge is 2.17. The first kappa shape index (κ1) is 43.6. The van der Waals surface area contributed by atoms with Gasteiger partial charge in [0, 0.05) is 63.4 Å². The number of rotatable bonds is 10. The summed E-state index contributed by atoms with van der Waals surface area (Å²) in [6, 6.07) is 19.6. The predicted octanol–water partition coefficient (Wildman–Crippen LogP) is 6.37. The van der Waals surface area contributed by atoms with Crippen molar-refractivity contribution in [3.63, 3.8) is 0 Å². The molecular weight excluding hydrogens is 831 g/mol. The first-order valence-electron chi connectivity index (χ1n) is 15.8. The lowest BCUT2D eigenvalue weighted by molar-refractivity contribution is 0.454. The van der Waals surface area contributed by atoms with Gasteiger partial charge in [-0.15, -0.1) is 0 Å². The van der Waals surface area contributed by atoms with Crippen LogP contribution in [-0.2, 0) is 40.6 Å². The topological polar surface area (TPSA) is 183 Å². The molecular formula is C35H35BCl4N7O6S2. The molecule has 0 fully saturated rings. The van der Waals surface area contributed by atoms with Crippen LogP contribution in [0.4, 0.5) is 5.69 Å². The molecule has 0 aliphatic carbocycles. The number of hydrogen-bond donors (Lipinski definition) is 4. The number of benzene rings is 4. The zero-order chi connectivity index (χ0) is 40.5. The molecule has 4 aromatic carbocycles. The highest BCUT2D eigenvalue weighted by molar-refractivity contribution is 7.89. The Balaban J connectivity index is 0.000000201. The van der Waals surface area contributed by atoms with Gasteiger partial charge in [0.25, 0.3) is 0 Å². The molecule has 13 nitrogen and oxygen atoms in total. The molecule has 2 aromatic heterocycles. The van der Waals surface area contributed by atoms with E-state index in [1.54, 1.807) is 71.9 Å². The number of sulfonamides is 2. The largest absolute Gasteiger partial charge is 0.569 e. The summed E-state index contributed by atoms with van der Waals surface area (Å²) in [5.74, 6) is 0.407. The number of hydrogen-bond acceptors (Lipinski definition) is 9. The van der Waals surface area contributed by atoms with Crippen molar-refractivity contribution in [2.24, 2.45) is 14.1 Å². The van der Waals surface area contributed by atoms with Crippen LogP contribution in [0, 0.1) is 0 Å². The first-order chi connectivity index (χ1) is 25.9. The molecule has 55 heavy (non-hydrogen) atoms. The van der Waals surface area contributed by atoms with Crippen molar-refractivity contribution < 1.29 is 26.5 Å². The van der Waals surface area contributed by atoms with Crippen molar-refractivity contribution in [1.82, 2.24) is 28.5 Å². The zero-order valence-corrected chi connectivity index (χ0v) is 34.4. The summed E-state index contributed by atoms with van der Waals surface area (Å²) in [5, 5.41) is 10.3. The smallest absolute Gasteiger partial charge is 0.537 e. The average molecular weight is 866 g/mol. The molecule has 2 heterocycles. The third-order valence-electron chi connectivity index (χ3n) is 7.57. The Hall–Kier alpha value is -4.10. The van der Waals surface area contributed by atoms with E-state index in [1.165, 1.54) is 26.2 Å². The molecule has 0 bridgehead atoms. The number of nitrogen functional groups attached to an aromatic ring is 1. The van der Waals surface area contributed by atoms with Gasteiger partial charge in [-0.1, -0.05) is 52.5 Å². The fourth-order valence-electron chi connectivity index (χ4n) is 4.97. The second-order valence-electron chi connectivity index (χ2n) is 11.6. The number of nitrogens with zero attached hydrogens (tertiary/aromatic N) is 4. The molecule has 6 aromatic rings. The maximum Gasteiger partial charge on any atom is 0.569 e. The third kappa shape index (κ3) is 12.2. The Labute approximate surface area is 340 Å². The van der Waals surface area contributed by atoms with Gasteiger partial charge in [0.2, 0.25) is 20.0 Å². The van der Waals surface area contributed by atoms with Gasteiger partial charge in [0.1, 0.15) is 5.75 Å². The molecule has 289 valence electrons. The summed E-state index contributed by atoms with van der Waals surface area (Å²) in [6.45, 7) is 0. The van der Waals surface area contributed by atoms with E-state index in [9.17, 15) is 16.8 Å². The van der Waals surface area contributed by atoms with Gasteiger partial charge in [0.15, 0.2) is 0 Å². The standard InChI is InChI=1S/C18H17Cl2N3O2S.C11H14N4O2S.C6H4BCl2O2/c1-21-26(24,25)16-4-3-13(5-12-6-14(19)8-15(20)7-12)17(9-16)18-10-23(2)11-22-18;1-13-18(16,17)8-3-4-10(12)9(5-8)11-6-15(2)7-14-11;8-4-1-5(9)3-6(2-4)11-7-10/h3-4,6-11,21H,5H2,1-2H3;3-7,13H,12H2,1-2H3;1-3,10H. The lowest BCUT2D eigenvalue weighted by Crippen LogP contribution is -2.18. The second kappa shape index (κ2) is 19.2. The number of halogens is 4. The zero-order valence-electron chi connectivity index (χ0n) is 29.7. The highest BCUT2D eigenvalue weighted by atomic mass is 35.5. The van der Waals surface area contributed by atoms with Crippen molar-refractivity contribution in [2.75, 3.05) is 19.8 Å². The van der Waals surface area contributed by atoms with E-state index in [0.717, 1.165) is 16.7 Å². The van der Waals surface area contributed by atoms with Crippen molar-refractivity contribution in [1.29, 1.82) is 0 Å². The number of aryl methyl sites for hydroxylation is 2. The van der Waals surface area contributed by atoms with Crippen LogP contribution in [0.1, 0.15) is 11.1 Å². The second-order valence-corrected chi connectivity index (χ2v) is 17.1. The number of nitrogens with one attached hydrogen (secondary N) is 2. The lowest BCUT2D eigenvalue weighted by Gasteiger charge is -2.11. The van der Waals surface area contributed by atoms with E-state index in [2.05, 4.69) is 24.1 Å². The van der Waals surface area contributed by atoms with E-state index in [0.29, 0.717) is 62.6 Å². The Morgan fingerprint density at radius 1 is 0.709 bits per heavy atom. The van der Waals surface area contributed by atoms with Crippen LogP contribution in [0.25, 0.3) is 22.5 Å². The van der Waals surface area contributed by atoms with Gasteiger partial charge in [-0.25, -0.2) is 36.2 Å². The average Bonchev–Trinajstić information content (AvgIpc) is 3.76. The minimum Gasteiger partial charge on any atom is -0.537 e. The molecule has 0 spiro atoms. The molecule has 5 N–H and O–H groups in total. The van der Waals surface area contributed by atoms with E-state index >= 15 is 0 Å². The number of aromatic nitrogens is 4. The molecule has 0 aliphatic heterocycles. The van der Waals surface area contributed by atoms with Crippen LogP contribution in [0.15, 0.2) is 108 Å². The number of anilines is 1. The summed E-state index contributed by atoms with van der Waals surface area (Å²) in [5.41, 5.74) is 10.9. The minimum absolute atomic E-state index is 0.167. The monoisotopic (exact) mass is 864 g/mol. The number of nitrogens with two attached hydrogens (primary N) is 1. The van der Waals surface area contributed by atoms with Crippen LogP contribution in [0.2, 0.25) is 20.1 Å². The maximum absolute atomic E-state index is 12.2. The van der Waals surface area contributed by atoms with Crippen LogP contribution < -0.4 is 19.8 Å². The SMILES string of the molecule is CNS(=O)(=O)c1ccc(Cc2cc(Cl)cc(Cl)c2)c(-c2cn(C)cn2)c1.CNS(=O)(=O)c1ccc(N)c(-c2cn(C)cn2)c1.O[B]Oc1cc(Cl)cc(Cl)c1. The summed E-state index contributed by atoms with van der Waals surface area (Å²) >= 11 is 23.4. The maximum atomic E-state index is 12.2. The molecule has 0 atom stereocenters. The summed E-state index contributed by atoms with van der Waals surface area (Å²) < 4.78 is 60.6. The van der Waals surface area contributed by atoms with Crippen molar-refractivity contribution in [3.8, 4) is 28.3 Å². The van der Waals surface area contributed by atoms with E-state index < -0.39 is 20.0 Å². The van der Waals surface area contributed by atoms with Crippen LogP contribution in [0.5, 0.6) is 5.75 Å². The molecule has 0 saturated carbocycles. The van der Waals surface area contributed by atoms with Crippen LogP contribution >= 0.6 is 46.4 Å². The van der Waals surface area contributed by atoms with Gasteiger partial charge in [-0.3, -0.25) is 0 Å². The molecule has 0 saturated heterocycles. The molecule has 6 rings (SSSR count). The highest BCUT2D eigenvalue weighted by Crippen LogP contribution is 2.30. The van der Waals surface area contributed by atoms with Crippen molar-refractivity contribution >= 4 is 79.8 Å². The summed E-state index contributed by atoms with van der Waals surface area (Å²) in [4.78, 5) is 8.89. The van der Waals surface area contributed by atoms with Gasteiger partial charge >= 0.3 is 7.69 Å². The van der Waals surface area contributed by atoms with Crippen molar-refractivity contribution in [2.45, 2.75) is 16.2 Å². The van der Waals surface area contributed by atoms with Gasteiger partial charge in [-0.05, 0) is 98.4 Å². The Morgan fingerprint density at radius 2 is 1.16 bits per heavy atom. The first-order valence-corrected chi connectivity index (χ1v) is 20.3. The quantitative estimate of drug-likeness (QED) is 0.0899. The molecule has 0 unspecified atom stereocenters. The Kier molecular flexibility index (Phi) is 15.2. The summed E-state index contributed by atoms with van der Waals surface area (Å²) in [6.07, 6.45) is 7.48. The van der Waals surface area contributed by atoms with Gasteiger partial charge < -0.3 is 24.5 Å². The van der Waals surface area contributed by atoms with Crippen LogP contribution in [-0.4, -0.2) is 62.7 Å². The molecule has 0 aliphatic rings. The van der Waals surface area contributed by atoms with E-state index in [1.807, 2.05) is 37.0 Å². The van der Waals surface area contributed by atoms with Crippen LogP contribution in [0.3, 0.4) is 0 Å². The lowest BCUT2D eigenvalue weighted by atomic mass is 9.98. The fourth-order valence-corrected chi connectivity index (χ4v) is 7.56. The predicted molar refractivity (Wildman–Crippen MR) is 219 cm³/mol. The molecule has 0 amide bonds. The number of imidazole rings is 2. The van der Waals surface area contributed by atoms with E-state index in [4.69, 9.17) is 57.2 Å². The van der Waals surface area contributed by atoms with E-state index in [-0.39, 0.29) is 9.79 Å². The summed E-state index contributed by atoms with van der Waals surface area (Å²) in [7, 11) is -0.00893.